The van der Waals surface area contributed by atoms with Crippen molar-refractivity contribution < 1.29 is 0 Å². The first-order chi connectivity index (χ1) is 9.33. The maximum Gasteiger partial charge on any atom is 0.0483 e. The average molecular weight is 256 g/mol. The van der Waals surface area contributed by atoms with E-state index in [0.717, 1.165) is 19.1 Å². The van der Waals surface area contributed by atoms with E-state index in [4.69, 9.17) is 0 Å². The summed E-state index contributed by atoms with van der Waals surface area (Å²) >= 11 is 0. The molecule has 2 nitrogen and oxygen atoms in total. The lowest BCUT2D eigenvalue weighted by atomic mass is 9.95. The molecule has 0 unspecified atom stereocenters. The van der Waals surface area contributed by atoms with Crippen LogP contribution in [0.5, 0.6) is 0 Å². The molecule has 0 spiro atoms. The molecule has 1 aliphatic rings. The standard InChI is InChI=1S/C17H24N2/c1-14-7-8-15-9-11-19(17(15)13-14)12-10-18-16-5-3-2-4-6-16/h7-9,11,13,16,18H,2-6,10,12H2,1H3. The maximum absolute atomic E-state index is 3.72. The molecule has 19 heavy (non-hydrogen) atoms. The summed E-state index contributed by atoms with van der Waals surface area (Å²) in [4.78, 5) is 0. The second-order valence-corrected chi connectivity index (χ2v) is 5.86. The molecule has 0 bridgehead atoms. The Hall–Kier alpha value is -1.28. The SMILES string of the molecule is Cc1ccc2ccn(CCNC3CCCCC3)c2c1. The van der Waals surface area contributed by atoms with E-state index in [2.05, 4.69) is 47.3 Å². The molecule has 1 aromatic heterocycles. The first kappa shape index (κ1) is 12.7. The minimum Gasteiger partial charge on any atom is -0.346 e. The van der Waals surface area contributed by atoms with Gasteiger partial charge in [0, 0.05) is 30.8 Å². The predicted octanol–water partition coefficient (Wildman–Crippen LogP) is 3.87. The fourth-order valence-corrected chi connectivity index (χ4v) is 3.18. The van der Waals surface area contributed by atoms with Crippen molar-refractivity contribution in [2.45, 2.75) is 51.6 Å². The van der Waals surface area contributed by atoms with E-state index in [-0.39, 0.29) is 0 Å². The Morgan fingerprint density at radius 1 is 1.16 bits per heavy atom. The molecule has 0 radical (unpaired) electrons. The number of nitrogens with one attached hydrogen (secondary N) is 1. The van der Waals surface area contributed by atoms with Crippen LogP contribution in [0.25, 0.3) is 10.9 Å². The molecule has 1 aliphatic carbocycles. The summed E-state index contributed by atoms with van der Waals surface area (Å²) in [5, 5.41) is 5.07. The molecule has 1 saturated carbocycles. The highest BCUT2D eigenvalue weighted by molar-refractivity contribution is 5.80. The zero-order chi connectivity index (χ0) is 13.1. The van der Waals surface area contributed by atoms with E-state index < -0.39 is 0 Å². The zero-order valence-corrected chi connectivity index (χ0v) is 11.9. The molecule has 1 heterocycles. The Morgan fingerprint density at radius 3 is 2.84 bits per heavy atom. The van der Waals surface area contributed by atoms with Crippen LogP contribution in [-0.2, 0) is 6.54 Å². The van der Waals surface area contributed by atoms with E-state index in [1.54, 1.807) is 0 Å². The highest BCUT2D eigenvalue weighted by atomic mass is 15.0. The lowest BCUT2D eigenvalue weighted by Crippen LogP contribution is -2.33. The number of rotatable bonds is 4. The molecule has 1 N–H and O–H groups in total. The third kappa shape index (κ3) is 3.01. The Morgan fingerprint density at radius 2 is 2.00 bits per heavy atom. The van der Waals surface area contributed by atoms with Gasteiger partial charge in [0.2, 0.25) is 0 Å². The van der Waals surface area contributed by atoms with Crippen molar-refractivity contribution in [1.29, 1.82) is 0 Å². The van der Waals surface area contributed by atoms with Crippen LogP contribution >= 0.6 is 0 Å². The van der Waals surface area contributed by atoms with Gasteiger partial charge < -0.3 is 9.88 Å². The maximum atomic E-state index is 3.72. The summed E-state index contributed by atoms with van der Waals surface area (Å²) < 4.78 is 2.37. The van der Waals surface area contributed by atoms with Crippen LogP contribution in [0.15, 0.2) is 30.5 Å². The van der Waals surface area contributed by atoms with Crippen molar-refractivity contribution in [2.75, 3.05) is 6.54 Å². The lowest BCUT2D eigenvalue weighted by molar-refractivity contribution is 0.369. The molecule has 1 aromatic carbocycles. The number of hydrogen-bond donors (Lipinski definition) is 1. The molecular formula is C17H24N2. The molecule has 0 amide bonds. The molecule has 0 atom stereocenters. The largest absolute Gasteiger partial charge is 0.346 e. The Balaban J connectivity index is 1.60. The fraction of sp³-hybridized carbons (Fsp3) is 0.529. The van der Waals surface area contributed by atoms with E-state index in [0.29, 0.717) is 0 Å². The highest BCUT2D eigenvalue weighted by Crippen LogP contribution is 2.18. The van der Waals surface area contributed by atoms with Crippen molar-refractivity contribution in [3.05, 3.63) is 36.0 Å². The summed E-state index contributed by atoms with van der Waals surface area (Å²) in [7, 11) is 0. The molecule has 2 heteroatoms. The normalized spacial score (nSPS) is 17.1. The van der Waals surface area contributed by atoms with Gasteiger partial charge in [0.25, 0.3) is 0 Å². The predicted molar refractivity (Wildman–Crippen MR) is 81.6 cm³/mol. The average Bonchev–Trinajstić information content (AvgIpc) is 2.83. The topological polar surface area (TPSA) is 17.0 Å². The first-order valence-electron chi connectivity index (χ1n) is 7.62. The number of hydrogen-bond acceptors (Lipinski definition) is 1. The molecular weight excluding hydrogens is 232 g/mol. The van der Waals surface area contributed by atoms with E-state index in [9.17, 15) is 0 Å². The second-order valence-electron chi connectivity index (χ2n) is 5.86. The monoisotopic (exact) mass is 256 g/mol. The van der Waals surface area contributed by atoms with Crippen LogP contribution in [0, 0.1) is 6.92 Å². The van der Waals surface area contributed by atoms with Crippen molar-refractivity contribution in [3.63, 3.8) is 0 Å². The minimum absolute atomic E-state index is 0.761. The van der Waals surface area contributed by atoms with Gasteiger partial charge in [0.1, 0.15) is 0 Å². The summed E-state index contributed by atoms with van der Waals surface area (Å²) in [6.07, 6.45) is 9.19. The number of nitrogens with zero attached hydrogens (tertiary/aromatic N) is 1. The smallest absolute Gasteiger partial charge is 0.0483 e. The number of benzene rings is 1. The van der Waals surface area contributed by atoms with Crippen LogP contribution in [0.4, 0.5) is 0 Å². The third-order valence-corrected chi connectivity index (χ3v) is 4.32. The molecule has 0 aliphatic heterocycles. The van der Waals surface area contributed by atoms with Crippen molar-refractivity contribution in [3.8, 4) is 0 Å². The number of fused-ring (bicyclic) bond motifs is 1. The molecule has 102 valence electrons. The van der Waals surface area contributed by atoms with Crippen LogP contribution < -0.4 is 5.32 Å². The molecule has 3 rings (SSSR count). The van der Waals surface area contributed by atoms with Gasteiger partial charge in [0.15, 0.2) is 0 Å². The molecule has 2 aromatic rings. The number of aromatic nitrogens is 1. The number of aryl methyl sites for hydroxylation is 1. The van der Waals surface area contributed by atoms with Crippen LogP contribution in [0.1, 0.15) is 37.7 Å². The Bertz CT molecular complexity index is 535. The van der Waals surface area contributed by atoms with Gasteiger partial charge in [-0.2, -0.15) is 0 Å². The van der Waals surface area contributed by atoms with Crippen LogP contribution in [0.2, 0.25) is 0 Å². The highest BCUT2D eigenvalue weighted by Gasteiger charge is 2.12. The van der Waals surface area contributed by atoms with Crippen molar-refractivity contribution in [2.24, 2.45) is 0 Å². The van der Waals surface area contributed by atoms with Gasteiger partial charge in [-0.1, -0.05) is 31.4 Å². The summed E-state index contributed by atoms with van der Waals surface area (Å²) in [5.41, 5.74) is 2.71. The van der Waals surface area contributed by atoms with Gasteiger partial charge in [-0.25, -0.2) is 0 Å². The quantitative estimate of drug-likeness (QED) is 0.878. The molecule has 1 fully saturated rings. The van der Waals surface area contributed by atoms with E-state index >= 15 is 0 Å². The summed E-state index contributed by atoms with van der Waals surface area (Å²) in [5.74, 6) is 0. The first-order valence-corrected chi connectivity index (χ1v) is 7.62. The van der Waals surface area contributed by atoms with Crippen molar-refractivity contribution >= 4 is 10.9 Å². The molecule has 0 saturated heterocycles. The van der Waals surface area contributed by atoms with Gasteiger partial charge in [-0.15, -0.1) is 0 Å². The van der Waals surface area contributed by atoms with Crippen LogP contribution in [0.3, 0.4) is 0 Å². The van der Waals surface area contributed by atoms with Crippen LogP contribution in [-0.4, -0.2) is 17.2 Å². The lowest BCUT2D eigenvalue weighted by Gasteiger charge is -2.23. The van der Waals surface area contributed by atoms with Gasteiger partial charge >= 0.3 is 0 Å². The summed E-state index contributed by atoms with van der Waals surface area (Å²) in [6.45, 7) is 4.32. The Kier molecular flexibility index (Phi) is 3.88. The van der Waals surface area contributed by atoms with E-state index in [1.807, 2.05) is 0 Å². The minimum atomic E-state index is 0.761. The third-order valence-electron chi connectivity index (χ3n) is 4.32. The second kappa shape index (κ2) is 5.79. The zero-order valence-electron chi connectivity index (χ0n) is 11.9. The van der Waals surface area contributed by atoms with Crippen molar-refractivity contribution in [1.82, 2.24) is 9.88 Å². The van der Waals surface area contributed by atoms with E-state index in [1.165, 1.54) is 48.6 Å². The summed E-state index contributed by atoms with van der Waals surface area (Å²) in [6, 6.07) is 9.67. The van der Waals surface area contributed by atoms with Gasteiger partial charge in [-0.3, -0.25) is 0 Å². The fourth-order valence-electron chi connectivity index (χ4n) is 3.18. The van der Waals surface area contributed by atoms with Gasteiger partial charge in [0.05, 0.1) is 0 Å². The van der Waals surface area contributed by atoms with Gasteiger partial charge in [-0.05, 0) is 42.8 Å². The Labute approximate surface area is 115 Å².